The van der Waals surface area contributed by atoms with Crippen LogP contribution in [0.5, 0.6) is 0 Å². The lowest BCUT2D eigenvalue weighted by Gasteiger charge is -2.29. The van der Waals surface area contributed by atoms with E-state index in [1.54, 1.807) is 30.0 Å². The normalized spacial score (nSPS) is 25.2. The van der Waals surface area contributed by atoms with Gasteiger partial charge in [-0.05, 0) is 49.4 Å². The number of hydrogen-bond acceptors (Lipinski definition) is 5. The summed E-state index contributed by atoms with van der Waals surface area (Å²) in [5, 5.41) is 25.4. The molecule has 2 aromatic rings. The highest BCUT2D eigenvalue weighted by molar-refractivity contribution is 6.31. The molecule has 0 spiro atoms. The maximum Gasteiger partial charge on any atom is 0.242 e. The van der Waals surface area contributed by atoms with Crippen LogP contribution in [0.3, 0.4) is 0 Å². The number of rotatable bonds is 7. The van der Waals surface area contributed by atoms with Gasteiger partial charge in [-0.25, -0.2) is 4.39 Å². The largest absolute Gasteiger partial charge is 0.394 e. The second kappa shape index (κ2) is 9.54. The molecule has 1 aliphatic heterocycles. The molecule has 2 aliphatic rings. The van der Waals surface area contributed by atoms with E-state index in [0.717, 1.165) is 18.4 Å². The van der Waals surface area contributed by atoms with E-state index in [9.17, 15) is 20.0 Å². The molecule has 0 bridgehead atoms. The maximum absolute atomic E-state index is 15.1. The summed E-state index contributed by atoms with van der Waals surface area (Å²) in [7, 11) is 0. The third-order valence-corrected chi connectivity index (χ3v) is 7.08. The molecule has 4 atom stereocenters. The second-order valence-electron chi connectivity index (χ2n) is 8.73. The highest BCUT2D eigenvalue weighted by atomic mass is 35.5. The number of aliphatic hydroxyl groups excluding tert-OH is 1. The standard InChI is InChI=1S/C23H24Cl2FN3O4/c1-12-5-8-14(24)9-17(12)27-23(31)22-19(15-3-2-4-16(25)20(15)26)21(29(32)33)18(11-30)28(22)10-13-6-7-13/h2-5,8-9,13,18-19,21-22,30H,6-7,10-11H2,1H3,(H,27,31)/t18-,19-,21+,22+/m0/s1. The zero-order chi connectivity index (χ0) is 23.9. The first-order valence-electron chi connectivity index (χ1n) is 10.7. The summed E-state index contributed by atoms with van der Waals surface area (Å²) in [6, 6.07) is 5.90. The van der Waals surface area contributed by atoms with Crippen LogP contribution in [0, 0.1) is 28.8 Å². The van der Waals surface area contributed by atoms with Crippen molar-refractivity contribution in [2.45, 2.75) is 43.8 Å². The topological polar surface area (TPSA) is 95.7 Å². The lowest BCUT2D eigenvalue weighted by Crippen LogP contribution is -2.48. The fourth-order valence-electron chi connectivity index (χ4n) is 4.75. The molecule has 0 radical (unpaired) electrons. The number of likely N-dealkylation sites (tertiary alicyclic amines) is 1. The number of carbonyl (C=O) groups excluding carboxylic acids is 1. The van der Waals surface area contributed by atoms with Crippen molar-refractivity contribution in [1.82, 2.24) is 4.90 Å². The van der Waals surface area contributed by atoms with Crippen LogP contribution in [0.4, 0.5) is 10.1 Å². The van der Waals surface area contributed by atoms with Gasteiger partial charge in [0.2, 0.25) is 11.9 Å². The minimum atomic E-state index is -1.39. The first-order chi connectivity index (χ1) is 15.7. The SMILES string of the molecule is Cc1ccc(Cl)cc1NC(=O)[C@H]1[C@@H](c2cccc(Cl)c2F)[C@H]([N+](=O)[O-])[C@H](CO)N1CC1CC1. The van der Waals surface area contributed by atoms with Gasteiger partial charge in [-0.1, -0.05) is 41.4 Å². The Bertz CT molecular complexity index is 1080. The average molecular weight is 496 g/mol. The molecular formula is C23H24Cl2FN3O4. The summed E-state index contributed by atoms with van der Waals surface area (Å²) in [6.45, 7) is 1.67. The van der Waals surface area contributed by atoms with E-state index in [4.69, 9.17) is 23.2 Å². The Kier molecular flexibility index (Phi) is 6.91. The van der Waals surface area contributed by atoms with Crippen LogP contribution in [-0.4, -0.2) is 52.1 Å². The second-order valence-corrected chi connectivity index (χ2v) is 9.57. The van der Waals surface area contributed by atoms with Crippen LogP contribution in [0.1, 0.15) is 29.9 Å². The van der Waals surface area contributed by atoms with Gasteiger partial charge in [0.1, 0.15) is 17.9 Å². The van der Waals surface area contributed by atoms with Crippen molar-refractivity contribution in [1.29, 1.82) is 0 Å². The van der Waals surface area contributed by atoms with Gasteiger partial charge in [-0.15, -0.1) is 0 Å². The Morgan fingerprint density at radius 3 is 2.67 bits per heavy atom. The van der Waals surface area contributed by atoms with Crippen molar-refractivity contribution < 1.29 is 19.2 Å². The Labute approximate surface area is 200 Å². The predicted octanol–water partition coefficient (Wildman–Crippen LogP) is 4.26. The van der Waals surface area contributed by atoms with Crippen LogP contribution in [0.15, 0.2) is 36.4 Å². The number of halogens is 3. The molecule has 1 saturated heterocycles. The van der Waals surface area contributed by atoms with Gasteiger partial charge in [0.05, 0.1) is 17.5 Å². The molecule has 10 heteroatoms. The molecule has 0 aromatic heterocycles. The molecule has 176 valence electrons. The van der Waals surface area contributed by atoms with Crippen LogP contribution < -0.4 is 5.32 Å². The van der Waals surface area contributed by atoms with Crippen molar-refractivity contribution in [2.24, 2.45) is 5.92 Å². The third kappa shape index (κ3) is 4.71. The molecule has 1 saturated carbocycles. The van der Waals surface area contributed by atoms with Gasteiger partial charge in [0, 0.05) is 27.7 Å². The minimum Gasteiger partial charge on any atom is -0.394 e. The van der Waals surface area contributed by atoms with E-state index in [1.165, 1.54) is 18.2 Å². The van der Waals surface area contributed by atoms with Crippen molar-refractivity contribution in [3.05, 3.63) is 73.5 Å². The summed E-state index contributed by atoms with van der Waals surface area (Å²) in [5.74, 6) is -2.18. The monoisotopic (exact) mass is 495 g/mol. The smallest absolute Gasteiger partial charge is 0.242 e. The molecular weight excluding hydrogens is 472 g/mol. The van der Waals surface area contributed by atoms with Crippen molar-refractivity contribution >= 4 is 34.8 Å². The number of hydrogen-bond donors (Lipinski definition) is 2. The molecule has 33 heavy (non-hydrogen) atoms. The number of nitrogens with zero attached hydrogens (tertiary/aromatic N) is 2. The number of aryl methyl sites for hydroxylation is 1. The summed E-state index contributed by atoms with van der Waals surface area (Å²) >= 11 is 12.1. The lowest BCUT2D eigenvalue weighted by molar-refractivity contribution is -0.528. The summed E-state index contributed by atoms with van der Waals surface area (Å²) in [6.07, 6.45) is 1.88. The Balaban J connectivity index is 1.81. The van der Waals surface area contributed by atoms with E-state index in [1.807, 2.05) is 0 Å². The van der Waals surface area contributed by atoms with Crippen LogP contribution in [0.2, 0.25) is 10.0 Å². The number of nitro groups is 1. The Morgan fingerprint density at radius 1 is 1.30 bits per heavy atom. The summed E-state index contributed by atoms with van der Waals surface area (Å²) < 4.78 is 15.1. The molecule has 1 amide bonds. The Hall–Kier alpha value is -2.26. The molecule has 2 aromatic carbocycles. The van der Waals surface area contributed by atoms with Crippen molar-refractivity contribution in [3.8, 4) is 0 Å². The summed E-state index contributed by atoms with van der Waals surface area (Å²) in [5.41, 5.74) is 1.22. The average Bonchev–Trinajstić information content (AvgIpc) is 3.52. The van der Waals surface area contributed by atoms with Crippen LogP contribution in [-0.2, 0) is 4.79 Å². The molecule has 1 aliphatic carbocycles. The van der Waals surface area contributed by atoms with Crippen molar-refractivity contribution in [3.63, 3.8) is 0 Å². The van der Waals surface area contributed by atoms with Gasteiger partial charge in [-0.2, -0.15) is 0 Å². The molecule has 2 fully saturated rings. The van der Waals surface area contributed by atoms with Crippen LogP contribution >= 0.6 is 23.2 Å². The predicted molar refractivity (Wildman–Crippen MR) is 124 cm³/mol. The Morgan fingerprint density at radius 2 is 2.03 bits per heavy atom. The van der Waals surface area contributed by atoms with Gasteiger partial charge >= 0.3 is 0 Å². The number of benzene rings is 2. The van der Waals surface area contributed by atoms with Crippen molar-refractivity contribution in [2.75, 3.05) is 18.5 Å². The molecule has 1 heterocycles. The van der Waals surface area contributed by atoms with Gasteiger partial charge in [-0.3, -0.25) is 19.8 Å². The zero-order valence-electron chi connectivity index (χ0n) is 17.9. The van der Waals surface area contributed by atoms with Gasteiger partial charge in [0.15, 0.2) is 0 Å². The van der Waals surface area contributed by atoms with E-state index in [-0.39, 0.29) is 16.5 Å². The zero-order valence-corrected chi connectivity index (χ0v) is 19.4. The van der Waals surface area contributed by atoms with E-state index >= 15 is 4.39 Å². The third-order valence-electron chi connectivity index (χ3n) is 6.55. The summed E-state index contributed by atoms with van der Waals surface area (Å²) in [4.78, 5) is 27.0. The molecule has 0 unspecified atom stereocenters. The highest BCUT2D eigenvalue weighted by Gasteiger charge is 2.59. The highest BCUT2D eigenvalue weighted by Crippen LogP contribution is 2.44. The lowest BCUT2D eigenvalue weighted by atomic mass is 9.86. The first kappa shape index (κ1) is 23.9. The molecule has 2 N–H and O–H groups in total. The number of amides is 1. The molecule has 4 rings (SSSR count). The fraction of sp³-hybridized carbons (Fsp3) is 0.435. The van der Waals surface area contributed by atoms with Gasteiger partial charge < -0.3 is 10.4 Å². The number of carbonyl (C=O) groups is 1. The minimum absolute atomic E-state index is 0.0103. The van der Waals surface area contributed by atoms with E-state index < -0.39 is 47.3 Å². The number of anilines is 1. The van der Waals surface area contributed by atoms with Gasteiger partial charge in [0.25, 0.3) is 0 Å². The number of aliphatic hydroxyl groups is 1. The van der Waals surface area contributed by atoms with E-state index in [0.29, 0.717) is 17.3 Å². The first-order valence-corrected chi connectivity index (χ1v) is 11.5. The quantitative estimate of drug-likeness (QED) is 0.441. The van der Waals surface area contributed by atoms with Crippen LogP contribution in [0.25, 0.3) is 0 Å². The number of nitrogens with one attached hydrogen (secondary N) is 1. The fourth-order valence-corrected chi connectivity index (χ4v) is 5.10. The maximum atomic E-state index is 15.1. The molecule has 7 nitrogen and oxygen atoms in total. The van der Waals surface area contributed by atoms with E-state index in [2.05, 4.69) is 5.32 Å².